The van der Waals surface area contributed by atoms with Gasteiger partial charge in [-0.05, 0) is 17.2 Å². The van der Waals surface area contributed by atoms with Crippen LogP contribution in [0.5, 0.6) is 0 Å². The van der Waals surface area contributed by atoms with E-state index in [1.165, 1.54) is 11.6 Å². The molecule has 0 saturated heterocycles. The van der Waals surface area contributed by atoms with Crippen LogP contribution in [0.3, 0.4) is 0 Å². The molecule has 20 heavy (non-hydrogen) atoms. The Morgan fingerprint density at radius 3 is 1.55 bits per heavy atom. The van der Waals surface area contributed by atoms with Crippen LogP contribution in [-0.2, 0) is 4.79 Å². The second-order valence-corrected chi connectivity index (χ2v) is 3.91. The van der Waals surface area contributed by atoms with Gasteiger partial charge in [-0.2, -0.15) is 0 Å². The van der Waals surface area contributed by atoms with E-state index >= 15 is 0 Å². The highest BCUT2D eigenvalue weighted by Crippen LogP contribution is 2.00. The second-order valence-electron chi connectivity index (χ2n) is 3.91. The van der Waals surface area contributed by atoms with Crippen molar-refractivity contribution in [1.29, 1.82) is 0 Å². The van der Waals surface area contributed by atoms with E-state index < -0.39 is 0 Å². The van der Waals surface area contributed by atoms with Crippen LogP contribution >= 0.6 is 0 Å². The fraction of sp³-hybridized carbons (Fsp3) is 0. The van der Waals surface area contributed by atoms with Crippen LogP contribution in [0.25, 0.3) is 12.2 Å². The van der Waals surface area contributed by atoms with Gasteiger partial charge < -0.3 is 0 Å². The molecule has 0 spiro atoms. The van der Waals surface area contributed by atoms with Gasteiger partial charge in [-0.15, -0.1) is 0 Å². The zero-order valence-electron chi connectivity index (χ0n) is 11.4. The van der Waals surface area contributed by atoms with Crippen molar-refractivity contribution in [3.05, 3.63) is 96.6 Å². The van der Waals surface area contributed by atoms with Gasteiger partial charge in [0.1, 0.15) is 6.29 Å². The van der Waals surface area contributed by atoms with E-state index in [1.54, 1.807) is 12.2 Å². The monoisotopic (exact) mass is 262 g/mol. The van der Waals surface area contributed by atoms with Gasteiger partial charge in [-0.25, -0.2) is 0 Å². The molecule has 0 N–H and O–H groups in total. The first kappa shape index (κ1) is 15.4. The number of hydrogen-bond donors (Lipinski definition) is 0. The summed E-state index contributed by atoms with van der Waals surface area (Å²) < 4.78 is 0. The molecule has 100 valence electrons. The Bertz CT molecular complexity index is 497. The first-order chi connectivity index (χ1) is 9.86. The van der Waals surface area contributed by atoms with Crippen molar-refractivity contribution in [2.45, 2.75) is 0 Å². The van der Waals surface area contributed by atoms with Crippen LogP contribution < -0.4 is 0 Å². The minimum atomic E-state index is 0.771. The van der Waals surface area contributed by atoms with Crippen molar-refractivity contribution in [3.8, 4) is 0 Å². The fourth-order valence-electron chi connectivity index (χ4n) is 1.46. The SMILES string of the molecule is C=C/C=C/c1ccccc1.O=C/C=C/c1ccccc1. The van der Waals surface area contributed by atoms with Gasteiger partial charge in [0, 0.05) is 0 Å². The van der Waals surface area contributed by atoms with Crippen LogP contribution in [0.1, 0.15) is 11.1 Å². The Morgan fingerprint density at radius 1 is 0.700 bits per heavy atom. The lowest BCUT2D eigenvalue weighted by atomic mass is 10.2. The van der Waals surface area contributed by atoms with E-state index in [0.717, 1.165) is 11.8 Å². The summed E-state index contributed by atoms with van der Waals surface area (Å²) in [6.07, 6.45) is 9.74. The lowest BCUT2D eigenvalue weighted by molar-refractivity contribution is -0.104. The lowest BCUT2D eigenvalue weighted by Gasteiger charge is -1.87. The van der Waals surface area contributed by atoms with Gasteiger partial charge in [-0.1, -0.05) is 91.5 Å². The molecule has 0 amide bonds. The molecule has 2 aromatic rings. The average Bonchev–Trinajstić information content (AvgIpc) is 2.53. The predicted molar refractivity (Wildman–Crippen MR) is 87.2 cm³/mol. The number of carbonyl (C=O) groups excluding carboxylic acids is 1. The van der Waals surface area contributed by atoms with Crippen molar-refractivity contribution >= 4 is 18.4 Å². The maximum atomic E-state index is 9.89. The van der Waals surface area contributed by atoms with Crippen LogP contribution in [0.15, 0.2) is 85.5 Å². The number of carbonyl (C=O) groups is 1. The van der Waals surface area contributed by atoms with Gasteiger partial charge in [0.25, 0.3) is 0 Å². The molecule has 0 aromatic heterocycles. The van der Waals surface area contributed by atoms with E-state index in [-0.39, 0.29) is 0 Å². The maximum Gasteiger partial charge on any atom is 0.142 e. The van der Waals surface area contributed by atoms with Crippen molar-refractivity contribution in [1.82, 2.24) is 0 Å². The number of hydrogen-bond acceptors (Lipinski definition) is 1. The quantitative estimate of drug-likeness (QED) is 0.440. The zero-order valence-corrected chi connectivity index (χ0v) is 11.4. The van der Waals surface area contributed by atoms with Gasteiger partial charge in [0.2, 0.25) is 0 Å². The molecule has 1 heteroatoms. The van der Waals surface area contributed by atoms with E-state index in [9.17, 15) is 4.79 Å². The lowest BCUT2D eigenvalue weighted by Crippen LogP contribution is -1.67. The molecule has 0 aliphatic carbocycles. The average molecular weight is 262 g/mol. The van der Waals surface area contributed by atoms with Gasteiger partial charge in [0.05, 0.1) is 0 Å². The van der Waals surface area contributed by atoms with Crippen LogP contribution in [0, 0.1) is 0 Å². The highest BCUT2D eigenvalue weighted by Gasteiger charge is 1.79. The third kappa shape index (κ3) is 6.92. The van der Waals surface area contributed by atoms with Crippen molar-refractivity contribution < 1.29 is 4.79 Å². The largest absolute Gasteiger partial charge is 0.299 e. The van der Waals surface area contributed by atoms with E-state index in [4.69, 9.17) is 0 Å². The summed E-state index contributed by atoms with van der Waals surface area (Å²) in [5.41, 5.74) is 2.26. The third-order valence-electron chi connectivity index (χ3n) is 2.39. The highest BCUT2D eigenvalue weighted by atomic mass is 16.1. The van der Waals surface area contributed by atoms with Crippen molar-refractivity contribution in [3.63, 3.8) is 0 Å². The summed E-state index contributed by atoms with van der Waals surface area (Å²) >= 11 is 0. The first-order valence-corrected chi connectivity index (χ1v) is 6.38. The molecule has 1 nitrogen and oxygen atoms in total. The summed E-state index contributed by atoms with van der Waals surface area (Å²) in [4.78, 5) is 9.89. The van der Waals surface area contributed by atoms with E-state index in [1.807, 2.05) is 60.7 Å². The Morgan fingerprint density at radius 2 is 1.15 bits per heavy atom. The van der Waals surface area contributed by atoms with Crippen molar-refractivity contribution in [2.75, 3.05) is 0 Å². The summed E-state index contributed by atoms with van der Waals surface area (Å²) in [6.45, 7) is 3.59. The van der Waals surface area contributed by atoms with Crippen LogP contribution in [0.4, 0.5) is 0 Å². The number of rotatable bonds is 4. The minimum Gasteiger partial charge on any atom is -0.299 e. The summed E-state index contributed by atoms with van der Waals surface area (Å²) in [5.74, 6) is 0. The van der Waals surface area contributed by atoms with Gasteiger partial charge in [0.15, 0.2) is 0 Å². The Balaban J connectivity index is 0.000000200. The molecule has 0 unspecified atom stereocenters. The second kappa shape index (κ2) is 10.3. The molecule has 2 aromatic carbocycles. The summed E-state index contributed by atoms with van der Waals surface area (Å²) in [5, 5.41) is 0. The summed E-state index contributed by atoms with van der Waals surface area (Å²) in [6, 6.07) is 19.9. The molecular weight excluding hydrogens is 244 g/mol. The Kier molecular flexibility index (Phi) is 7.90. The molecule has 0 aliphatic heterocycles. The van der Waals surface area contributed by atoms with E-state index in [2.05, 4.69) is 18.7 Å². The Labute approximate surface area is 120 Å². The van der Waals surface area contributed by atoms with E-state index in [0.29, 0.717) is 0 Å². The summed E-state index contributed by atoms with van der Waals surface area (Å²) in [7, 11) is 0. The zero-order chi connectivity index (χ0) is 14.5. The van der Waals surface area contributed by atoms with Gasteiger partial charge >= 0.3 is 0 Å². The topological polar surface area (TPSA) is 17.1 Å². The minimum absolute atomic E-state index is 0.771. The normalized spacial score (nSPS) is 10.0. The van der Waals surface area contributed by atoms with Crippen LogP contribution in [0.2, 0.25) is 0 Å². The molecule has 0 saturated carbocycles. The van der Waals surface area contributed by atoms with Crippen LogP contribution in [-0.4, -0.2) is 6.29 Å². The molecule has 0 fully saturated rings. The maximum absolute atomic E-state index is 9.89. The first-order valence-electron chi connectivity index (χ1n) is 6.38. The standard InChI is InChI=1S/C10H10.C9H8O/c1-2-3-7-10-8-5-4-6-9-10;10-8-4-7-9-5-2-1-3-6-9/h2-9H,1H2;1-8H/b7-3+;7-4+. The molecule has 0 aliphatic rings. The molecule has 2 rings (SSSR count). The fourth-order valence-corrected chi connectivity index (χ4v) is 1.46. The predicted octanol–water partition coefficient (Wildman–Crippen LogP) is 4.78. The number of aldehydes is 1. The molecule has 0 heterocycles. The third-order valence-corrected chi connectivity index (χ3v) is 2.39. The molecule has 0 atom stereocenters. The van der Waals surface area contributed by atoms with Crippen molar-refractivity contribution in [2.24, 2.45) is 0 Å². The highest BCUT2D eigenvalue weighted by molar-refractivity contribution is 5.73. The van der Waals surface area contributed by atoms with Gasteiger partial charge in [-0.3, -0.25) is 4.79 Å². The molecule has 0 radical (unpaired) electrons. The smallest absolute Gasteiger partial charge is 0.142 e. The number of benzene rings is 2. The Hall–Kier alpha value is -2.67. The molecule has 0 bridgehead atoms. The number of allylic oxidation sites excluding steroid dienone is 3. The molecular formula is C19H18O.